The predicted molar refractivity (Wildman–Crippen MR) is 96.7 cm³/mol. The lowest BCUT2D eigenvalue weighted by molar-refractivity contribution is 0.0916. The van der Waals surface area contributed by atoms with Gasteiger partial charge in [-0.3, -0.25) is 14.0 Å². The van der Waals surface area contributed by atoms with Crippen molar-refractivity contribution in [2.75, 3.05) is 6.54 Å². The highest BCUT2D eigenvalue weighted by Crippen LogP contribution is 2.19. The summed E-state index contributed by atoms with van der Waals surface area (Å²) >= 11 is 0. The highest BCUT2D eigenvalue weighted by atomic mass is 16.2. The molecule has 0 radical (unpaired) electrons. The number of nitrogens with one attached hydrogen (secondary N) is 2. The molecular weight excluding hydrogens is 316 g/mol. The average Bonchev–Trinajstić information content (AvgIpc) is 3.00. The minimum Gasteiger partial charge on any atom is -0.350 e. The summed E-state index contributed by atoms with van der Waals surface area (Å²) in [6.45, 7) is 4.65. The van der Waals surface area contributed by atoms with Crippen molar-refractivity contribution in [2.45, 2.75) is 52.0 Å². The van der Waals surface area contributed by atoms with Gasteiger partial charge in [0.1, 0.15) is 0 Å². The van der Waals surface area contributed by atoms with E-state index in [2.05, 4.69) is 15.6 Å². The normalized spacial score (nSPS) is 15.5. The van der Waals surface area contributed by atoms with E-state index >= 15 is 0 Å². The van der Waals surface area contributed by atoms with E-state index in [-0.39, 0.29) is 23.7 Å². The van der Waals surface area contributed by atoms with Gasteiger partial charge in [-0.25, -0.2) is 4.98 Å². The van der Waals surface area contributed by atoms with Crippen LogP contribution in [0.25, 0.3) is 5.52 Å². The van der Waals surface area contributed by atoms with E-state index in [1.165, 1.54) is 6.42 Å². The third kappa shape index (κ3) is 4.00. The van der Waals surface area contributed by atoms with Gasteiger partial charge in [0.25, 0.3) is 11.8 Å². The number of rotatable bonds is 5. The standard InChI is InChI=1S/C19H26N4O2/c1-13(2)12-20-18(24)16-15-10-6-7-11-23(15)17(22-16)19(25)21-14-8-4-3-5-9-14/h6-7,10-11,13-14H,3-5,8-9,12H2,1-2H3,(H,20,24)(H,21,25). The Bertz CT molecular complexity index is 760. The molecule has 6 nitrogen and oxygen atoms in total. The number of carbonyl (C=O) groups is 2. The van der Waals surface area contributed by atoms with Crippen molar-refractivity contribution in [2.24, 2.45) is 5.92 Å². The second-order valence-electron chi connectivity index (χ2n) is 7.15. The van der Waals surface area contributed by atoms with E-state index < -0.39 is 0 Å². The van der Waals surface area contributed by atoms with E-state index in [0.29, 0.717) is 23.7 Å². The third-order valence-electron chi connectivity index (χ3n) is 4.58. The molecule has 1 aliphatic carbocycles. The number of pyridine rings is 1. The van der Waals surface area contributed by atoms with E-state index in [9.17, 15) is 9.59 Å². The Labute approximate surface area is 148 Å². The maximum absolute atomic E-state index is 12.7. The molecule has 1 fully saturated rings. The minimum absolute atomic E-state index is 0.204. The summed E-state index contributed by atoms with van der Waals surface area (Å²) in [5.41, 5.74) is 0.951. The molecule has 0 aromatic carbocycles. The Kier molecular flexibility index (Phi) is 5.36. The summed E-state index contributed by atoms with van der Waals surface area (Å²) in [5, 5.41) is 5.95. The number of fused-ring (bicyclic) bond motifs is 1. The molecule has 25 heavy (non-hydrogen) atoms. The van der Waals surface area contributed by atoms with Gasteiger partial charge < -0.3 is 10.6 Å². The van der Waals surface area contributed by atoms with Gasteiger partial charge in [0, 0.05) is 18.8 Å². The highest BCUT2D eigenvalue weighted by Gasteiger charge is 2.23. The maximum atomic E-state index is 12.7. The van der Waals surface area contributed by atoms with Gasteiger partial charge in [-0.15, -0.1) is 0 Å². The molecule has 134 valence electrons. The van der Waals surface area contributed by atoms with Gasteiger partial charge in [-0.2, -0.15) is 0 Å². The zero-order valence-corrected chi connectivity index (χ0v) is 14.9. The van der Waals surface area contributed by atoms with Crippen LogP contribution in [0, 0.1) is 5.92 Å². The van der Waals surface area contributed by atoms with Crippen LogP contribution in [0.1, 0.15) is 67.1 Å². The SMILES string of the molecule is CC(C)CNC(=O)c1nc(C(=O)NC2CCCCC2)n2ccccc12. The molecule has 0 bridgehead atoms. The second-order valence-corrected chi connectivity index (χ2v) is 7.15. The topological polar surface area (TPSA) is 75.5 Å². The van der Waals surface area contributed by atoms with Crippen molar-refractivity contribution in [1.29, 1.82) is 0 Å². The lowest BCUT2D eigenvalue weighted by atomic mass is 9.95. The third-order valence-corrected chi connectivity index (χ3v) is 4.58. The first-order valence-electron chi connectivity index (χ1n) is 9.12. The molecule has 0 unspecified atom stereocenters. The van der Waals surface area contributed by atoms with Crippen LogP contribution in [-0.2, 0) is 0 Å². The maximum Gasteiger partial charge on any atom is 0.287 e. The van der Waals surface area contributed by atoms with Crippen LogP contribution in [0.5, 0.6) is 0 Å². The number of nitrogens with zero attached hydrogens (tertiary/aromatic N) is 2. The van der Waals surface area contributed by atoms with E-state index in [1.54, 1.807) is 10.6 Å². The van der Waals surface area contributed by atoms with E-state index in [1.807, 2.05) is 32.0 Å². The molecule has 2 aromatic heterocycles. The van der Waals surface area contributed by atoms with Gasteiger partial charge in [-0.1, -0.05) is 39.2 Å². The molecule has 1 saturated carbocycles. The molecule has 6 heteroatoms. The molecule has 0 spiro atoms. The molecule has 2 heterocycles. The average molecular weight is 342 g/mol. The lowest BCUT2D eigenvalue weighted by Crippen LogP contribution is -2.37. The van der Waals surface area contributed by atoms with Gasteiger partial charge >= 0.3 is 0 Å². The molecule has 3 rings (SSSR count). The van der Waals surface area contributed by atoms with Crippen molar-refractivity contribution in [3.8, 4) is 0 Å². The quantitative estimate of drug-likeness (QED) is 0.877. The Morgan fingerprint density at radius 1 is 1.20 bits per heavy atom. The summed E-state index contributed by atoms with van der Waals surface area (Å²) in [6, 6.07) is 5.70. The van der Waals surface area contributed by atoms with Gasteiger partial charge in [0.2, 0.25) is 5.82 Å². The molecule has 2 aromatic rings. The van der Waals surface area contributed by atoms with Crippen molar-refractivity contribution < 1.29 is 9.59 Å². The number of amides is 2. The second kappa shape index (κ2) is 7.68. The number of carbonyl (C=O) groups excluding carboxylic acids is 2. The molecular formula is C19H26N4O2. The molecule has 1 aliphatic rings. The molecule has 0 aliphatic heterocycles. The largest absolute Gasteiger partial charge is 0.350 e. The summed E-state index contributed by atoms with van der Waals surface area (Å²) in [5.74, 6) is 0.174. The molecule has 0 saturated heterocycles. The van der Waals surface area contributed by atoms with E-state index in [0.717, 1.165) is 25.7 Å². The van der Waals surface area contributed by atoms with Crippen LogP contribution in [0.4, 0.5) is 0 Å². The summed E-state index contributed by atoms with van der Waals surface area (Å²) in [4.78, 5) is 29.5. The van der Waals surface area contributed by atoms with Crippen LogP contribution in [0.15, 0.2) is 24.4 Å². The minimum atomic E-state index is -0.242. The molecule has 0 atom stereocenters. The first-order valence-corrected chi connectivity index (χ1v) is 9.12. The fraction of sp³-hybridized carbons (Fsp3) is 0.526. The first kappa shape index (κ1) is 17.5. The fourth-order valence-electron chi connectivity index (χ4n) is 3.24. The van der Waals surface area contributed by atoms with Crippen LogP contribution in [0.3, 0.4) is 0 Å². The number of hydrogen-bond acceptors (Lipinski definition) is 3. The first-order chi connectivity index (χ1) is 12.1. The van der Waals surface area contributed by atoms with Crippen molar-refractivity contribution in [1.82, 2.24) is 20.0 Å². The van der Waals surface area contributed by atoms with Crippen molar-refractivity contribution in [3.05, 3.63) is 35.9 Å². The molecule has 2 amide bonds. The van der Waals surface area contributed by atoms with Crippen LogP contribution >= 0.6 is 0 Å². The van der Waals surface area contributed by atoms with Crippen LogP contribution in [-0.4, -0.2) is 33.8 Å². The van der Waals surface area contributed by atoms with Gasteiger partial charge in [-0.05, 0) is 30.9 Å². The Balaban J connectivity index is 1.85. The van der Waals surface area contributed by atoms with Gasteiger partial charge in [0.15, 0.2) is 5.69 Å². The summed E-state index contributed by atoms with van der Waals surface area (Å²) in [6.07, 6.45) is 7.33. The Morgan fingerprint density at radius 2 is 1.96 bits per heavy atom. The Hall–Kier alpha value is -2.37. The van der Waals surface area contributed by atoms with Crippen molar-refractivity contribution in [3.63, 3.8) is 0 Å². The lowest BCUT2D eigenvalue weighted by Gasteiger charge is -2.22. The number of imidazole rings is 1. The Morgan fingerprint density at radius 3 is 2.68 bits per heavy atom. The van der Waals surface area contributed by atoms with Crippen LogP contribution < -0.4 is 10.6 Å². The molecule has 2 N–H and O–H groups in total. The number of aromatic nitrogens is 2. The van der Waals surface area contributed by atoms with Crippen molar-refractivity contribution >= 4 is 17.3 Å². The summed E-state index contributed by atoms with van der Waals surface area (Å²) < 4.78 is 1.70. The van der Waals surface area contributed by atoms with E-state index in [4.69, 9.17) is 0 Å². The summed E-state index contributed by atoms with van der Waals surface area (Å²) in [7, 11) is 0. The smallest absolute Gasteiger partial charge is 0.287 e. The fourth-order valence-corrected chi connectivity index (χ4v) is 3.24. The predicted octanol–water partition coefficient (Wildman–Crippen LogP) is 2.78. The monoisotopic (exact) mass is 342 g/mol. The highest BCUT2D eigenvalue weighted by molar-refractivity contribution is 6.02. The number of hydrogen-bond donors (Lipinski definition) is 2. The van der Waals surface area contributed by atoms with Crippen LogP contribution in [0.2, 0.25) is 0 Å². The van der Waals surface area contributed by atoms with Gasteiger partial charge in [0.05, 0.1) is 5.52 Å². The zero-order valence-electron chi connectivity index (χ0n) is 14.9. The zero-order chi connectivity index (χ0) is 17.8.